The van der Waals surface area contributed by atoms with Gasteiger partial charge in [-0.05, 0) is 125 Å². The number of thiazole rings is 1. The van der Waals surface area contributed by atoms with Crippen LogP contribution in [0.1, 0.15) is 154 Å². The molecule has 3 aromatic heterocycles. The second-order valence-electron chi connectivity index (χ2n) is 31.2. The van der Waals surface area contributed by atoms with Crippen molar-refractivity contribution in [3.05, 3.63) is 139 Å². The van der Waals surface area contributed by atoms with Gasteiger partial charge in [-0.1, -0.05) is 75.2 Å². The second kappa shape index (κ2) is 41.4. The van der Waals surface area contributed by atoms with E-state index in [-0.39, 0.29) is 148 Å². The number of nitrogens with zero attached hydrogens (tertiary/aromatic N) is 8. The highest BCUT2D eigenvalue weighted by molar-refractivity contribution is 7.15. The van der Waals surface area contributed by atoms with Gasteiger partial charge in [0.2, 0.25) is 41.4 Å². The number of aryl methyl sites for hydroxylation is 3. The zero-order valence-electron chi connectivity index (χ0n) is 68.0. The van der Waals surface area contributed by atoms with E-state index in [2.05, 4.69) is 66.2 Å². The van der Waals surface area contributed by atoms with E-state index in [1.54, 1.807) is 66.8 Å². The second-order valence-corrected chi connectivity index (χ2v) is 33.7. The number of aliphatic hydroxyl groups is 1. The molecule has 36 heteroatoms. The zero-order valence-corrected chi connectivity index (χ0v) is 70.4. The van der Waals surface area contributed by atoms with E-state index in [9.17, 15) is 57.8 Å². The fourth-order valence-corrected chi connectivity index (χ4v) is 16.8. The summed E-state index contributed by atoms with van der Waals surface area (Å²) in [5.74, 6) is -2.43. The SMILES string of the molecule is Cc1ncsc1-c1ccc(CNC(=O)[C@@H]2C[C@@H](O)CN2C(=O)[C@@H](NC(=O)COCCOCCOCCNC(=O)C[C@@H]2N=C(c3ccc(Cl)cc3)c3c(sc(C)c3C)-n3c(C)nnc32)C(C)(C)C)c(OC2CCN(C(=O)OCc3ccc(NC(=O)[C@H](CCCNC(N)=O)NC(=O)C4(C(=O)NCCCCCN5C(=O)C=CC5=O)CCC4)cc3)CC2)c1. The van der Waals surface area contributed by atoms with Crippen LogP contribution in [0.4, 0.5) is 15.3 Å². The fourth-order valence-electron chi connectivity index (χ4n) is 14.7. The third-order valence-corrected chi connectivity index (χ3v) is 24.0. The van der Waals surface area contributed by atoms with Gasteiger partial charge in [0.15, 0.2) is 5.82 Å². The number of amides is 12. The molecule has 11 rings (SSSR count). The third kappa shape index (κ3) is 23.3. The Hall–Kier alpha value is -10.6. The number of piperidine rings is 1. The highest BCUT2D eigenvalue weighted by Gasteiger charge is 2.52. The Morgan fingerprint density at radius 3 is 2.14 bits per heavy atom. The molecule has 3 aromatic carbocycles. The van der Waals surface area contributed by atoms with Crippen molar-refractivity contribution in [2.24, 2.45) is 21.6 Å². The van der Waals surface area contributed by atoms with Crippen molar-refractivity contribution in [2.75, 3.05) is 90.8 Å². The Balaban J connectivity index is 0.595. The van der Waals surface area contributed by atoms with Crippen molar-refractivity contribution >= 4 is 111 Å². The van der Waals surface area contributed by atoms with E-state index in [1.807, 2.05) is 60.9 Å². The number of aliphatic hydroxyl groups excluding tert-OH is 1. The van der Waals surface area contributed by atoms with Gasteiger partial charge in [0.1, 0.15) is 65.5 Å². The van der Waals surface area contributed by atoms with E-state index >= 15 is 0 Å². The van der Waals surface area contributed by atoms with Gasteiger partial charge in [-0.25, -0.2) is 14.6 Å². The van der Waals surface area contributed by atoms with Crippen LogP contribution in [0.3, 0.4) is 0 Å². The number of rotatable bonds is 39. The first-order valence-corrected chi connectivity index (χ1v) is 42.2. The smallest absolute Gasteiger partial charge is 0.410 e. The van der Waals surface area contributed by atoms with Crippen molar-refractivity contribution in [1.82, 2.24) is 66.3 Å². The molecular formula is C83H105ClN16O17S2. The number of primary amides is 1. The molecule has 1 saturated carbocycles. The maximum atomic E-state index is 14.5. The van der Waals surface area contributed by atoms with Crippen LogP contribution < -0.4 is 47.7 Å². The molecule has 1 aliphatic carbocycles. The number of hydrogen-bond donors (Lipinski definition) is 9. The number of halogens is 1. The molecule has 12 amide bonds. The van der Waals surface area contributed by atoms with Crippen LogP contribution in [0.5, 0.6) is 5.75 Å². The van der Waals surface area contributed by atoms with E-state index in [4.69, 9.17) is 46.0 Å². The molecule has 0 spiro atoms. The number of β-amino-alcohol motifs (C(OH)–C–C–N with tert-alkyl or cyclic N) is 1. The lowest BCUT2D eigenvalue weighted by molar-refractivity contribution is -0.151. The number of benzene rings is 3. The molecule has 6 aromatic rings. The molecule has 119 heavy (non-hydrogen) atoms. The lowest BCUT2D eigenvalue weighted by Gasteiger charge is -2.39. The normalized spacial score (nSPS) is 17.4. The van der Waals surface area contributed by atoms with E-state index < -0.39 is 88.7 Å². The number of urea groups is 1. The predicted octanol–water partition coefficient (Wildman–Crippen LogP) is 7.03. The number of thiophene rings is 1. The maximum Gasteiger partial charge on any atom is 0.410 e. The monoisotopic (exact) mass is 1700 g/mol. The number of likely N-dealkylation sites (tertiary alicyclic amines) is 2. The molecular weight excluding hydrogens is 1590 g/mol. The standard InChI is InChI=1S/C83H105ClN16O17S2/c1-49-51(3)119-77-69(49)70(54-18-20-57(84)21-19-54)92-62(73-96-95-52(4)100(73)77)43-65(102)86-32-36-113-37-38-114-39-40-115-47-66(103)94-72(82(5,6)7)76(108)99-45-59(101)42-63(99)75(107)89-44-56-17-16-55(71-50(2)90-48-118-71)41-64(56)117-60-26-34-97(35-27-60)81(112)116-46-53-14-22-58(23-15-53)91-74(106)61(13-11-31-88-80(85)111)93-79(110)83(28-12-29-83)78(109)87-30-9-8-10-33-98-67(104)24-25-68(98)105/h14-25,41,48,59-63,72,101H,8-13,26-40,42-47H2,1-7H3,(H,86,102)(H,87,109)(H,89,107)(H,91,106)(H,93,110)(H,94,103)(H3,85,88,111)/t59-,61+,62+,63+,72-/m1/s1. The number of unbranched alkanes of at least 4 members (excludes halogenated alkanes) is 2. The van der Waals surface area contributed by atoms with Gasteiger partial charge in [-0.2, -0.15) is 0 Å². The van der Waals surface area contributed by atoms with Crippen LogP contribution >= 0.6 is 34.3 Å². The number of aliphatic imine (C=N–C) groups is 1. The molecule has 2 saturated heterocycles. The lowest BCUT2D eigenvalue weighted by Crippen LogP contribution is -2.58. The Bertz CT molecular complexity index is 4700. The van der Waals surface area contributed by atoms with Crippen molar-refractivity contribution in [3.8, 4) is 21.2 Å². The van der Waals surface area contributed by atoms with Gasteiger partial charge in [-0.3, -0.25) is 57.6 Å². The summed E-state index contributed by atoms with van der Waals surface area (Å²) in [5.41, 5.74) is 11.8. The summed E-state index contributed by atoms with van der Waals surface area (Å²) in [6.45, 7) is 15.0. The summed E-state index contributed by atoms with van der Waals surface area (Å²) in [5, 5.41) is 41.1. The summed E-state index contributed by atoms with van der Waals surface area (Å²) in [7, 11) is 0. The van der Waals surface area contributed by atoms with Gasteiger partial charge < -0.3 is 81.5 Å². The zero-order chi connectivity index (χ0) is 85.1. The lowest BCUT2D eigenvalue weighted by atomic mass is 9.67. The summed E-state index contributed by atoms with van der Waals surface area (Å²) in [6.07, 6.45) is 4.71. The first-order valence-electron chi connectivity index (χ1n) is 40.1. The largest absolute Gasteiger partial charge is 0.490 e. The van der Waals surface area contributed by atoms with Gasteiger partial charge in [0.05, 0.1) is 67.4 Å². The average Bonchev–Trinajstić information content (AvgIpc) is 1.65. The van der Waals surface area contributed by atoms with Gasteiger partial charge in [-0.15, -0.1) is 32.9 Å². The Labute approximate surface area is 703 Å². The van der Waals surface area contributed by atoms with E-state index in [0.29, 0.717) is 90.8 Å². The molecule has 638 valence electrons. The van der Waals surface area contributed by atoms with Gasteiger partial charge in [0, 0.05) is 116 Å². The number of nitrogens with one attached hydrogen (secondary N) is 7. The summed E-state index contributed by atoms with van der Waals surface area (Å²) >= 11 is 9.37. The van der Waals surface area contributed by atoms with Crippen LogP contribution in [-0.2, 0) is 75.2 Å². The van der Waals surface area contributed by atoms with Crippen LogP contribution in [0.25, 0.3) is 15.4 Å². The number of nitrogens with two attached hydrogens (primary N) is 1. The molecule has 0 bridgehead atoms. The first-order chi connectivity index (χ1) is 57.0. The summed E-state index contributed by atoms with van der Waals surface area (Å²) in [6, 6.07) is 15.1. The average molecular weight is 1700 g/mol. The molecule has 3 fully saturated rings. The number of anilines is 1. The van der Waals surface area contributed by atoms with E-state index in [0.717, 1.165) is 53.3 Å². The highest BCUT2D eigenvalue weighted by atomic mass is 35.5. The summed E-state index contributed by atoms with van der Waals surface area (Å²) in [4.78, 5) is 162. The minimum absolute atomic E-state index is 0.00885. The van der Waals surface area contributed by atoms with Crippen molar-refractivity contribution in [2.45, 2.75) is 175 Å². The number of carbonyl (C=O) groups excluding carboxylic acids is 11. The number of fused-ring (bicyclic) bond motifs is 3. The number of hydrogen-bond acceptors (Lipinski definition) is 23. The quantitative estimate of drug-likeness (QED) is 0.0106. The number of ether oxygens (including phenoxy) is 5. The minimum atomic E-state index is -1.38. The molecule has 0 radical (unpaired) electrons. The van der Waals surface area contributed by atoms with Crippen molar-refractivity contribution < 1.29 is 81.5 Å². The number of aromatic nitrogens is 4. The minimum Gasteiger partial charge on any atom is -0.490 e. The van der Waals surface area contributed by atoms with Crippen molar-refractivity contribution in [1.29, 1.82) is 0 Å². The Morgan fingerprint density at radius 2 is 1.46 bits per heavy atom. The van der Waals surface area contributed by atoms with Gasteiger partial charge >= 0.3 is 12.1 Å². The molecule has 33 nitrogen and oxygen atoms in total. The van der Waals surface area contributed by atoms with Crippen LogP contribution in [-0.4, -0.2) is 226 Å². The van der Waals surface area contributed by atoms with Gasteiger partial charge in [0.25, 0.3) is 11.8 Å². The van der Waals surface area contributed by atoms with Crippen LogP contribution in [0.2, 0.25) is 5.02 Å². The van der Waals surface area contributed by atoms with Crippen LogP contribution in [0.15, 0.2) is 89.4 Å². The molecule has 4 aliphatic heterocycles. The first kappa shape index (κ1) is 89.2. The van der Waals surface area contributed by atoms with Crippen LogP contribution in [0, 0.1) is 38.5 Å². The van der Waals surface area contributed by atoms with Crippen molar-refractivity contribution in [3.63, 3.8) is 0 Å². The molecule has 5 atom stereocenters. The molecule has 7 heterocycles. The summed E-state index contributed by atoms with van der Waals surface area (Å²) < 4.78 is 31.5. The number of imide groups is 1. The maximum absolute atomic E-state index is 14.5. The predicted molar refractivity (Wildman–Crippen MR) is 443 cm³/mol. The Morgan fingerprint density at radius 1 is 0.765 bits per heavy atom. The molecule has 0 unspecified atom stereocenters. The molecule has 10 N–H and O–H groups in total. The van der Waals surface area contributed by atoms with E-state index in [1.165, 1.54) is 28.4 Å². The topological polar surface area (TPSA) is 430 Å². The highest BCUT2D eigenvalue weighted by Crippen LogP contribution is 2.43. The molecule has 5 aliphatic rings. The third-order valence-electron chi connectivity index (χ3n) is 21.6. The Kier molecular flexibility index (Phi) is 31.1. The fraction of sp³-hybridized carbons (Fsp3) is 0.506. The number of carbonyl (C=O) groups is 11.